The summed E-state index contributed by atoms with van der Waals surface area (Å²) in [5, 5.41) is 4.56. The smallest absolute Gasteiger partial charge is 0.343 e. The van der Waals surface area contributed by atoms with Crippen LogP contribution in [0.5, 0.6) is 0 Å². The lowest BCUT2D eigenvalue weighted by Crippen LogP contribution is -2.38. The van der Waals surface area contributed by atoms with Crippen LogP contribution in [-0.2, 0) is 22.5 Å². The summed E-state index contributed by atoms with van der Waals surface area (Å²) >= 11 is 6.30. The molecule has 1 aliphatic heterocycles. The minimum Gasteiger partial charge on any atom is -0.452 e. The molecular formula is C20H24ClN3O3. The maximum Gasteiger partial charge on any atom is 0.343 e. The van der Waals surface area contributed by atoms with E-state index < -0.39 is 5.97 Å². The first-order valence-corrected chi connectivity index (χ1v) is 9.54. The molecule has 0 fully saturated rings. The minimum absolute atomic E-state index is 0.226. The summed E-state index contributed by atoms with van der Waals surface area (Å²) in [6.45, 7) is 6.71. The molecule has 0 saturated heterocycles. The van der Waals surface area contributed by atoms with E-state index in [0.717, 1.165) is 24.1 Å². The molecule has 0 bridgehead atoms. The van der Waals surface area contributed by atoms with Crippen molar-refractivity contribution in [1.82, 2.24) is 9.78 Å². The Hall–Kier alpha value is -2.34. The fourth-order valence-electron chi connectivity index (χ4n) is 3.32. The quantitative estimate of drug-likeness (QED) is 0.732. The third-order valence-corrected chi connectivity index (χ3v) is 4.93. The van der Waals surface area contributed by atoms with E-state index in [4.69, 9.17) is 16.3 Å². The van der Waals surface area contributed by atoms with E-state index in [1.165, 1.54) is 0 Å². The molecule has 1 amide bonds. The van der Waals surface area contributed by atoms with Gasteiger partial charge in [0.05, 0.1) is 5.69 Å². The van der Waals surface area contributed by atoms with Crippen LogP contribution in [0, 0.1) is 12.8 Å². The molecule has 1 aliphatic rings. The first kappa shape index (κ1) is 19.4. The van der Waals surface area contributed by atoms with Gasteiger partial charge in [-0.1, -0.05) is 43.6 Å². The van der Waals surface area contributed by atoms with Crippen molar-refractivity contribution < 1.29 is 14.3 Å². The summed E-state index contributed by atoms with van der Waals surface area (Å²) in [6, 6.07) is 7.81. The lowest BCUT2D eigenvalue weighted by Gasteiger charge is -2.29. The predicted molar refractivity (Wildman–Crippen MR) is 104 cm³/mol. The van der Waals surface area contributed by atoms with Gasteiger partial charge in [-0.15, -0.1) is 0 Å². The van der Waals surface area contributed by atoms with E-state index in [0.29, 0.717) is 24.7 Å². The van der Waals surface area contributed by atoms with Crippen LogP contribution in [0.4, 0.5) is 5.69 Å². The van der Waals surface area contributed by atoms with E-state index in [1.807, 2.05) is 38.1 Å². The van der Waals surface area contributed by atoms with Crippen LogP contribution in [0.25, 0.3) is 0 Å². The highest BCUT2D eigenvalue weighted by molar-refractivity contribution is 6.32. The summed E-state index contributed by atoms with van der Waals surface area (Å²) in [7, 11) is 0. The first-order chi connectivity index (χ1) is 12.9. The number of benzene rings is 1. The third-order valence-electron chi connectivity index (χ3n) is 4.55. The molecule has 1 aromatic heterocycles. The molecule has 0 saturated carbocycles. The van der Waals surface area contributed by atoms with Gasteiger partial charge < -0.3 is 9.64 Å². The molecule has 3 rings (SSSR count). The summed E-state index contributed by atoms with van der Waals surface area (Å²) in [5.41, 5.74) is 2.76. The normalized spacial score (nSPS) is 13.6. The number of nitrogens with zero attached hydrogens (tertiary/aromatic N) is 3. The molecule has 27 heavy (non-hydrogen) atoms. The highest BCUT2D eigenvalue weighted by Crippen LogP contribution is 2.27. The van der Waals surface area contributed by atoms with Gasteiger partial charge in [-0.3, -0.25) is 9.48 Å². The number of hydrogen-bond donors (Lipinski definition) is 0. The lowest BCUT2D eigenvalue weighted by atomic mass is 10.0. The molecule has 7 heteroatoms. The molecule has 144 valence electrons. The van der Waals surface area contributed by atoms with Gasteiger partial charge in [-0.05, 0) is 37.3 Å². The van der Waals surface area contributed by atoms with Crippen molar-refractivity contribution in [2.45, 2.75) is 40.2 Å². The Labute approximate surface area is 164 Å². The number of aryl methyl sites for hydroxylation is 2. The zero-order valence-electron chi connectivity index (χ0n) is 15.9. The fourth-order valence-corrected chi connectivity index (χ4v) is 3.64. The zero-order chi connectivity index (χ0) is 19.6. The molecule has 2 aromatic rings. The van der Waals surface area contributed by atoms with Crippen molar-refractivity contribution in [3.8, 4) is 0 Å². The highest BCUT2D eigenvalue weighted by Gasteiger charge is 2.26. The molecular weight excluding hydrogens is 366 g/mol. The third kappa shape index (κ3) is 4.16. The van der Waals surface area contributed by atoms with E-state index in [1.54, 1.807) is 16.5 Å². The van der Waals surface area contributed by atoms with E-state index in [2.05, 4.69) is 5.10 Å². The van der Waals surface area contributed by atoms with E-state index in [9.17, 15) is 9.59 Å². The number of carbonyl (C=O) groups excluding carboxylic acids is 2. The Morgan fingerprint density at radius 2 is 2.04 bits per heavy atom. The van der Waals surface area contributed by atoms with Gasteiger partial charge in [-0.2, -0.15) is 5.10 Å². The van der Waals surface area contributed by atoms with Gasteiger partial charge in [0.15, 0.2) is 6.61 Å². The zero-order valence-corrected chi connectivity index (χ0v) is 16.6. The second-order valence-electron chi connectivity index (χ2n) is 7.18. The number of esters is 1. The van der Waals surface area contributed by atoms with Crippen molar-refractivity contribution in [2.24, 2.45) is 5.92 Å². The van der Waals surface area contributed by atoms with Crippen molar-refractivity contribution >= 4 is 29.2 Å². The van der Waals surface area contributed by atoms with Crippen molar-refractivity contribution in [1.29, 1.82) is 0 Å². The molecule has 0 N–H and O–H groups in total. The van der Waals surface area contributed by atoms with Gasteiger partial charge in [0.25, 0.3) is 5.91 Å². The molecule has 0 radical (unpaired) electrons. The molecule has 0 unspecified atom stereocenters. The molecule has 2 heterocycles. The SMILES string of the molecule is Cc1nn(CC(C)C)c(Cl)c1C(=O)OCC(=O)N1CCCc2ccccc21. The van der Waals surface area contributed by atoms with E-state index >= 15 is 0 Å². The number of anilines is 1. The highest BCUT2D eigenvalue weighted by atomic mass is 35.5. The molecule has 1 aromatic carbocycles. The predicted octanol–water partition coefficient (Wildman–Crippen LogP) is 3.64. The Bertz CT molecular complexity index is 860. The number of rotatable bonds is 5. The topological polar surface area (TPSA) is 64.4 Å². The van der Waals surface area contributed by atoms with Crippen LogP contribution in [-0.4, -0.2) is 34.8 Å². The standard InChI is InChI=1S/C20H24ClN3O3/c1-13(2)11-24-19(21)18(14(3)22-24)20(26)27-12-17(25)23-10-6-8-15-7-4-5-9-16(15)23/h4-5,7,9,13H,6,8,10-12H2,1-3H3. The van der Waals surface area contributed by atoms with Crippen molar-refractivity contribution in [2.75, 3.05) is 18.1 Å². The largest absolute Gasteiger partial charge is 0.452 e. The van der Waals surface area contributed by atoms with E-state index in [-0.39, 0.29) is 23.2 Å². The summed E-state index contributed by atoms with van der Waals surface area (Å²) in [5.74, 6) is -0.517. The second kappa shape index (κ2) is 8.13. The van der Waals surface area contributed by atoms with Crippen LogP contribution in [0.1, 0.15) is 41.9 Å². The number of ether oxygens (including phenoxy) is 1. The van der Waals surface area contributed by atoms with Crippen LogP contribution in [0.2, 0.25) is 5.15 Å². The molecule has 6 nitrogen and oxygen atoms in total. The fraction of sp³-hybridized carbons (Fsp3) is 0.450. The van der Waals surface area contributed by atoms with Gasteiger partial charge in [-0.25, -0.2) is 4.79 Å². The van der Waals surface area contributed by atoms with Crippen LogP contribution in [0.3, 0.4) is 0 Å². The Morgan fingerprint density at radius 3 is 2.78 bits per heavy atom. The number of amides is 1. The number of para-hydroxylation sites is 1. The van der Waals surface area contributed by atoms with Crippen molar-refractivity contribution in [3.05, 3.63) is 46.2 Å². The Balaban J connectivity index is 1.68. The summed E-state index contributed by atoms with van der Waals surface area (Å²) in [6.07, 6.45) is 1.84. The number of fused-ring (bicyclic) bond motifs is 1. The number of hydrogen-bond acceptors (Lipinski definition) is 4. The maximum absolute atomic E-state index is 12.6. The average molecular weight is 390 g/mol. The number of halogens is 1. The van der Waals surface area contributed by atoms with Gasteiger partial charge >= 0.3 is 5.97 Å². The van der Waals surface area contributed by atoms with Crippen molar-refractivity contribution in [3.63, 3.8) is 0 Å². The second-order valence-corrected chi connectivity index (χ2v) is 7.54. The van der Waals surface area contributed by atoms with Gasteiger partial charge in [0.1, 0.15) is 10.7 Å². The monoisotopic (exact) mass is 389 g/mol. The Kier molecular flexibility index (Phi) is 5.85. The summed E-state index contributed by atoms with van der Waals surface area (Å²) in [4.78, 5) is 26.8. The number of carbonyl (C=O) groups is 2. The average Bonchev–Trinajstić information content (AvgIpc) is 2.91. The Morgan fingerprint density at radius 1 is 1.30 bits per heavy atom. The lowest BCUT2D eigenvalue weighted by molar-refractivity contribution is -0.121. The first-order valence-electron chi connectivity index (χ1n) is 9.16. The van der Waals surface area contributed by atoms with Crippen LogP contribution in [0.15, 0.2) is 24.3 Å². The maximum atomic E-state index is 12.6. The number of aromatic nitrogens is 2. The van der Waals surface area contributed by atoms with Gasteiger partial charge in [0, 0.05) is 18.8 Å². The molecule has 0 aliphatic carbocycles. The van der Waals surface area contributed by atoms with Crippen LogP contribution >= 0.6 is 11.6 Å². The molecule has 0 atom stereocenters. The van der Waals surface area contributed by atoms with Crippen LogP contribution < -0.4 is 4.90 Å². The molecule has 0 spiro atoms. The summed E-state index contributed by atoms with van der Waals surface area (Å²) < 4.78 is 6.87. The van der Waals surface area contributed by atoms with Gasteiger partial charge in [0.2, 0.25) is 0 Å². The minimum atomic E-state index is -0.619.